The molecular formula is C14H16N6O. The minimum absolute atomic E-state index is 0.0760. The predicted octanol–water partition coefficient (Wildman–Crippen LogP) is 1.96. The lowest BCUT2D eigenvalue weighted by molar-refractivity contribution is 0.439. The van der Waals surface area contributed by atoms with Crippen molar-refractivity contribution in [1.29, 1.82) is 5.26 Å². The maximum Gasteiger partial charge on any atom is 0.328 e. The zero-order valence-corrected chi connectivity index (χ0v) is 11.9. The second kappa shape index (κ2) is 6.52. The van der Waals surface area contributed by atoms with Crippen LogP contribution < -0.4 is 15.4 Å². The fourth-order valence-electron chi connectivity index (χ4n) is 1.80. The number of rotatable bonds is 5. The predicted molar refractivity (Wildman–Crippen MR) is 79.0 cm³/mol. The Morgan fingerprint density at radius 1 is 1.19 bits per heavy atom. The lowest BCUT2D eigenvalue weighted by atomic mass is 10.2. The highest BCUT2D eigenvalue weighted by molar-refractivity contribution is 5.44. The molecule has 1 heterocycles. The van der Waals surface area contributed by atoms with Crippen molar-refractivity contribution in [2.75, 3.05) is 23.7 Å². The molecule has 2 N–H and O–H groups in total. The van der Waals surface area contributed by atoms with E-state index in [1.54, 1.807) is 24.3 Å². The van der Waals surface area contributed by atoms with Crippen LogP contribution in [0.5, 0.6) is 11.8 Å². The Bertz CT molecular complexity index is 663. The van der Waals surface area contributed by atoms with E-state index in [-0.39, 0.29) is 12.0 Å². The van der Waals surface area contributed by atoms with E-state index in [1.807, 2.05) is 18.7 Å². The molecule has 0 bridgehead atoms. The molecule has 7 heteroatoms. The smallest absolute Gasteiger partial charge is 0.328 e. The first-order valence-corrected chi connectivity index (χ1v) is 6.61. The van der Waals surface area contributed by atoms with E-state index < -0.39 is 0 Å². The molecule has 0 saturated heterocycles. The fourth-order valence-corrected chi connectivity index (χ4v) is 1.80. The van der Waals surface area contributed by atoms with Gasteiger partial charge in [-0.1, -0.05) is 12.1 Å². The molecule has 0 amide bonds. The van der Waals surface area contributed by atoms with Gasteiger partial charge >= 0.3 is 6.01 Å². The number of nitrogens with zero attached hydrogens (tertiary/aromatic N) is 5. The molecule has 0 fully saturated rings. The lowest BCUT2D eigenvalue weighted by Crippen LogP contribution is -2.25. The van der Waals surface area contributed by atoms with Crippen molar-refractivity contribution in [3.8, 4) is 17.8 Å². The number of nitriles is 1. The third-order valence-electron chi connectivity index (χ3n) is 2.88. The van der Waals surface area contributed by atoms with E-state index in [4.69, 9.17) is 15.7 Å². The molecule has 1 aromatic heterocycles. The summed E-state index contributed by atoms with van der Waals surface area (Å²) in [6.07, 6.45) is 0. The molecule has 0 radical (unpaired) electrons. The van der Waals surface area contributed by atoms with Crippen LogP contribution in [0.1, 0.15) is 19.4 Å². The van der Waals surface area contributed by atoms with Crippen LogP contribution in [0.25, 0.3) is 0 Å². The molecule has 0 aliphatic heterocycles. The topological polar surface area (TPSA) is 101 Å². The third-order valence-corrected chi connectivity index (χ3v) is 2.88. The first-order chi connectivity index (χ1) is 10.2. The van der Waals surface area contributed by atoms with Crippen LogP contribution in [0.15, 0.2) is 24.3 Å². The van der Waals surface area contributed by atoms with E-state index in [9.17, 15) is 0 Å². The number of nitrogens with two attached hydrogens (primary N) is 1. The van der Waals surface area contributed by atoms with Crippen molar-refractivity contribution in [3.63, 3.8) is 0 Å². The summed E-state index contributed by atoms with van der Waals surface area (Å²) in [5.74, 6) is 0.921. The second-order valence-corrected chi connectivity index (χ2v) is 4.16. The molecule has 7 nitrogen and oxygen atoms in total. The van der Waals surface area contributed by atoms with Gasteiger partial charge in [-0.2, -0.15) is 20.2 Å². The van der Waals surface area contributed by atoms with Crippen LogP contribution in [0.2, 0.25) is 0 Å². The van der Waals surface area contributed by atoms with Crippen molar-refractivity contribution in [1.82, 2.24) is 15.0 Å². The van der Waals surface area contributed by atoms with Crippen molar-refractivity contribution >= 4 is 11.9 Å². The Morgan fingerprint density at radius 3 is 2.57 bits per heavy atom. The minimum atomic E-state index is 0.0760. The summed E-state index contributed by atoms with van der Waals surface area (Å²) in [5, 5.41) is 9.05. The Hall–Kier alpha value is -2.88. The van der Waals surface area contributed by atoms with Crippen molar-refractivity contribution < 1.29 is 4.74 Å². The number of para-hydroxylation sites is 1. The van der Waals surface area contributed by atoms with Crippen LogP contribution in [-0.4, -0.2) is 28.0 Å². The van der Waals surface area contributed by atoms with Gasteiger partial charge in [0.2, 0.25) is 11.9 Å². The van der Waals surface area contributed by atoms with Gasteiger partial charge in [0.1, 0.15) is 11.8 Å². The van der Waals surface area contributed by atoms with E-state index in [1.165, 1.54) is 0 Å². The van der Waals surface area contributed by atoms with Crippen molar-refractivity contribution in [2.45, 2.75) is 13.8 Å². The average molecular weight is 284 g/mol. The number of aromatic nitrogens is 3. The zero-order valence-electron chi connectivity index (χ0n) is 11.9. The molecule has 0 aliphatic rings. The number of ether oxygens (including phenoxy) is 1. The summed E-state index contributed by atoms with van der Waals surface area (Å²) in [6, 6.07) is 8.99. The first-order valence-electron chi connectivity index (χ1n) is 6.61. The molecule has 21 heavy (non-hydrogen) atoms. The van der Waals surface area contributed by atoms with Crippen LogP contribution >= 0.6 is 0 Å². The molecule has 2 aromatic rings. The molecule has 0 aliphatic carbocycles. The van der Waals surface area contributed by atoms with Crippen LogP contribution in [0.3, 0.4) is 0 Å². The molecule has 2 rings (SSSR count). The van der Waals surface area contributed by atoms with E-state index in [0.29, 0.717) is 17.3 Å². The van der Waals surface area contributed by atoms with Crippen LogP contribution in [0, 0.1) is 11.3 Å². The first kappa shape index (κ1) is 14.5. The van der Waals surface area contributed by atoms with Crippen LogP contribution in [-0.2, 0) is 0 Å². The largest absolute Gasteiger partial charge is 0.423 e. The summed E-state index contributed by atoms with van der Waals surface area (Å²) in [5.41, 5.74) is 6.10. The molecule has 0 saturated carbocycles. The fraction of sp³-hybridized carbons (Fsp3) is 0.286. The monoisotopic (exact) mass is 284 g/mol. The summed E-state index contributed by atoms with van der Waals surface area (Å²) in [4.78, 5) is 14.2. The van der Waals surface area contributed by atoms with Gasteiger partial charge in [-0.05, 0) is 26.0 Å². The Labute approximate surface area is 123 Å². The number of anilines is 2. The number of benzene rings is 1. The quantitative estimate of drug-likeness (QED) is 0.895. The summed E-state index contributed by atoms with van der Waals surface area (Å²) >= 11 is 0. The summed E-state index contributed by atoms with van der Waals surface area (Å²) in [7, 11) is 0. The molecular weight excluding hydrogens is 268 g/mol. The molecule has 0 atom stereocenters. The normalized spacial score (nSPS) is 9.95. The van der Waals surface area contributed by atoms with E-state index >= 15 is 0 Å². The van der Waals surface area contributed by atoms with Crippen molar-refractivity contribution in [2.24, 2.45) is 0 Å². The maximum atomic E-state index is 9.05. The number of hydrogen-bond acceptors (Lipinski definition) is 7. The number of nitrogen functional groups attached to an aromatic ring is 1. The van der Waals surface area contributed by atoms with E-state index in [2.05, 4.69) is 21.0 Å². The minimum Gasteiger partial charge on any atom is -0.423 e. The Morgan fingerprint density at radius 2 is 1.90 bits per heavy atom. The maximum absolute atomic E-state index is 9.05. The summed E-state index contributed by atoms with van der Waals surface area (Å²) in [6.45, 7) is 5.48. The summed E-state index contributed by atoms with van der Waals surface area (Å²) < 4.78 is 5.57. The zero-order chi connectivity index (χ0) is 15.2. The van der Waals surface area contributed by atoms with Gasteiger partial charge in [0, 0.05) is 13.1 Å². The average Bonchev–Trinajstić information content (AvgIpc) is 2.48. The second-order valence-electron chi connectivity index (χ2n) is 4.16. The standard InChI is InChI=1S/C14H16N6O/c1-3-20(4-2)13-17-12(16)18-14(19-13)21-11-8-6-5-7-10(11)9-15/h5-8H,3-4H2,1-2H3,(H2,16,17,18,19). The molecule has 0 spiro atoms. The van der Waals surface area contributed by atoms with Gasteiger partial charge in [-0.15, -0.1) is 0 Å². The van der Waals surface area contributed by atoms with Gasteiger partial charge < -0.3 is 15.4 Å². The Kier molecular flexibility index (Phi) is 4.51. The number of hydrogen-bond donors (Lipinski definition) is 1. The lowest BCUT2D eigenvalue weighted by Gasteiger charge is -2.18. The van der Waals surface area contributed by atoms with Gasteiger partial charge in [0.25, 0.3) is 0 Å². The molecule has 1 aromatic carbocycles. The Balaban J connectivity index is 2.34. The van der Waals surface area contributed by atoms with E-state index in [0.717, 1.165) is 13.1 Å². The van der Waals surface area contributed by atoms with Gasteiger partial charge in [0.15, 0.2) is 0 Å². The van der Waals surface area contributed by atoms with Crippen LogP contribution in [0.4, 0.5) is 11.9 Å². The van der Waals surface area contributed by atoms with Gasteiger partial charge in [-0.3, -0.25) is 0 Å². The molecule has 0 unspecified atom stereocenters. The highest BCUT2D eigenvalue weighted by Gasteiger charge is 2.12. The third kappa shape index (κ3) is 3.36. The van der Waals surface area contributed by atoms with Gasteiger partial charge in [-0.25, -0.2) is 0 Å². The molecule has 108 valence electrons. The SMILES string of the molecule is CCN(CC)c1nc(N)nc(Oc2ccccc2C#N)n1. The van der Waals surface area contributed by atoms with Gasteiger partial charge in [0.05, 0.1) is 5.56 Å². The highest BCUT2D eigenvalue weighted by atomic mass is 16.5. The van der Waals surface area contributed by atoms with Crippen molar-refractivity contribution in [3.05, 3.63) is 29.8 Å². The highest BCUT2D eigenvalue weighted by Crippen LogP contribution is 2.23.